The summed E-state index contributed by atoms with van der Waals surface area (Å²) >= 11 is 1.90. The van der Waals surface area contributed by atoms with Gasteiger partial charge in [0.05, 0.1) is 0 Å². The van der Waals surface area contributed by atoms with Crippen molar-refractivity contribution in [3.05, 3.63) is 0 Å². The molecule has 2 rings (SSSR count). The number of hydrogen-bond acceptors (Lipinski definition) is 3. The second kappa shape index (κ2) is 5.78. The molecule has 0 radical (unpaired) electrons. The summed E-state index contributed by atoms with van der Waals surface area (Å²) < 4.78 is 0. The van der Waals surface area contributed by atoms with E-state index in [0.29, 0.717) is 0 Å². The molecule has 3 heteroatoms. The SMILES string of the molecule is CC1CN=C(NCC2CCCCC2)SC1. The largest absolute Gasteiger partial charge is 0.365 e. The molecule has 0 amide bonds. The molecule has 1 N–H and O–H groups in total. The zero-order chi connectivity index (χ0) is 10.5. The van der Waals surface area contributed by atoms with Gasteiger partial charge in [0.2, 0.25) is 0 Å². The van der Waals surface area contributed by atoms with E-state index in [2.05, 4.69) is 17.2 Å². The predicted octanol–water partition coefficient (Wildman–Crippen LogP) is 2.90. The molecule has 0 spiro atoms. The Hall–Kier alpha value is -0.180. The summed E-state index contributed by atoms with van der Waals surface area (Å²) in [4.78, 5) is 4.56. The quantitative estimate of drug-likeness (QED) is 0.783. The second-order valence-corrected chi connectivity index (χ2v) is 5.96. The van der Waals surface area contributed by atoms with Crippen LogP contribution in [0.25, 0.3) is 0 Å². The highest BCUT2D eigenvalue weighted by Gasteiger charge is 2.16. The number of nitrogens with zero attached hydrogens (tertiary/aromatic N) is 1. The van der Waals surface area contributed by atoms with Gasteiger partial charge in [0, 0.05) is 18.8 Å². The van der Waals surface area contributed by atoms with Gasteiger partial charge in [0.1, 0.15) is 0 Å². The van der Waals surface area contributed by atoms with Gasteiger partial charge in [-0.3, -0.25) is 4.99 Å². The third-order valence-electron chi connectivity index (χ3n) is 3.32. The summed E-state index contributed by atoms with van der Waals surface area (Å²) in [6, 6.07) is 0. The average Bonchev–Trinajstić information content (AvgIpc) is 2.30. The summed E-state index contributed by atoms with van der Waals surface area (Å²) in [5, 5.41) is 4.72. The summed E-state index contributed by atoms with van der Waals surface area (Å²) in [7, 11) is 0. The number of amidine groups is 1. The standard InChI is InChI=1S/C12H22N2S/c1-10-7-13-12(15-9-10)14-8-11-5-3-2-4-6-11/h10-11H,2-9H2,1H3,(H,13,14). The number of rotatable bonds is 2. The third kappa shape index (κ3) is 3.71. The Bertz CT molecular complexity index is 222. The molecule has 1 aliphatic carbocycles. The minimum absolute atomic E-state index is 0.759. The van der Waals surface area contributed by atoms with Gasteiger partial charge in [-0.15, -0.1) is 0 Å². The molecule has 1 aliphatic heterocycles. The van der Waals surface area contributed by atoms with Gasteiger partial charge < -0.3 is 5.32 Å². The van der Waals surface area contributed by atoms with E-state index in [9.17, 15) is 0 Å². The molecule has 1 fully saturated rings. The van der Waals surface area contributed by atoms with Gasteiger partial charge in [0.15, 0.2) is 5.17 Å². The lowest BCUT2D eigenvalue weighted by molar-refractivity contribution is 0.357. The molecule has 15 heavy (non-hydrogen) atoms. The minimum Gasteiger partial charge on any atom is -0.365 e. The Labute approximate surface area is 97.3 Å². The summed E-state index contributed by atoms with van der Waals surface area (Å²) in [6.45, 7) is 4.44. The highest BCUT2D eigenvalue weighted by molar-refractivity contribution is 8.13. The zero-order valence-electron chi connectivity index (χ0n) is 9.67. The van der Waals surface area contributed by atoms with Crippen molar-refractivity contribution in [2.24, 2.45) is 16.8 Å². The van der Waals surface area contributed by atoms with Gasteiger partial charge in [-0.2, -0.15) is 0 Å². The van der Waals surface area contributed by atoms with Crippen LogP contribution in [-0.4, -0.2) is 24.0 Å². The van der Waals surface area contributed by atoms with Crippen LogP contribution in [0.5, 0.6) is 0 Å². The molecule has 1 saturated carbocycles. The number of nitrogens with one attached hydrogen (secondary N) is 1. The lowest BCUT2D eigenvalue weighted by atomic mass is 9.89. The number of thioether (sulfide) groups is 1. The van der Waals surface area contributed by atoms with Crippen LogP contribution in [0, 0.1) is 11.8 Å². The van der Waals surface area contributed by atoms with Gasteiger partial charge in [0.25, 0.3) is 0 Å². The first kappa shape index (κ1) is 11.3. The fourth-order valence-electron chi connectivity index (χ4n) is 2.29. The van der Waals surface area contributed by atoms with Crippen molar-refractivity contribution in [1.82, 2.24) is 5.32 Å². The highest BCUT2D eigenvalue weighted by Crippen LogP contribution is 2.23. The Morgan fingerprint density at radius 3 is 2.80 bits per heavy atom. The maximum Gasteiger partial charge on any atom is 0.156 e. The molecule has 1 atom stereocenters. The van der Waals surface area contributed by atoms with E-state index in [0.717, 1.165) is 24.9 Å². The lowest BCUT2D eigenvalue weighted by Gasteiger charge is -2.24. The molecule has 0 aromatic carbocycles. The molecular weight excluding hydrogens is 204 g/mol. The fourth-order valence-corrected chi connectivity index (χ4v) is 3.19. The summed E-state index contributed by atoms with van der Waals surface area (Å²) in [6.07, 6.45) is 7.15. The van der Waals surface area contributed by atoms with Crippen LogP contribution in [0.1, 0.15) is 39.0 Å². The maximum absolute atomic E-state index is 4.56. The van der Waals surface area contributed by atoms with Crippen molar-refractivity contribution < 1.29 is 0 Å². The van der Waals surface area contributed by atoms with Gasteiger partial charge in [-0.25, -0.2) is 0 Å². The van der Waals surface area contributed by atoms with E-state index in [-0.39, 0.29) is 0 Å². The molecular formula is C12H22N2S. The van der Waals surface area contributed by atoms with E-state index in [1.54, 1.807) is 0 Å². The van der Waals surface area contributed by atoms with Crippen molar-refractivity contribution in [2.75, 3.05) is 18.8 Å². The van der Waals surface area contributed by atoms with E-state index < -0.39 is 0 Å². The summed E-state index contributed by atoms with van der Waals surface area (Å²) in [5.74, 6) is 2.90. The van der Waals surface area contributed by atoms with Crippen molar-refractivity contribution in [3.8, 4) is 0 Å². The third-order valence-corrected chi connectivity index (χ3v) is 4.60. The van der Waals surface area contributed by atoms with Crippen molar-refractivity contribution in [3.63, 3.8) is 0 Å². The first-order valence-electron chi connectivity index (χ1n) is 6.25. The van der Waals surface area contributed by atoms with Gasteiger partial charge in [-0.05, 0) is 24.7 Å². The molecule has 2 aliphatic rings. The van der Waals surface area contributed by atoms with Gasteiger partial charge in [-0.1, -0.05) is 37.9 Å². The molecule has 1 unspecified atom stereocenters. The number of hydrogen-bond donors (Lipinski definition) is 1. The van der Waals surface area contributed by atoms with Gasteiger partial charge >= 0.3 is 0 Å². The lowest BCUT2D eigenvalue weighted by Crippen LogP contribution is -2.31. The molecule has 0 saturated heterocycles. The summed E-state index contributed by atoms with van der Waals surface area (Å²) in [5.41, 5.74) is 0. The Morgan fingerprint density at radius 1 is 1.33 bits per heavy atom. The van der Waals surface area contributed by atoms with Crippen molar-refractivity contribution in [2.45, 2.75) is 39.0 Å². The van der Waals surface area contributed by atoms with Crippen molar-refractivity contribution >= 4 is 16.9 Å². The van der Waals surface area contributed by atoms with Crippen LogP contribution in [-0.2, 0) is 0 Å². The first-order valence-corrected chi connectivity index (χ1v) is 7.24. The Morgan fingerprint density at radius 2 is 2.13 bits per heavy atom. The average molecular weight is 226 g/mol. The van der Waals surface area contributed by atoms with Crippen molar-refractivity contribution in [1.29, 1.82) is 0 Å². The van der Waals surface area contributed by atoms with Crippen LogP contribution in [0.15, 0.2) is 4.99 Å². The molecule has 0 bridgehead atoms. The van der Waals surface area contributed by atoms with Crippen LogP contribution in [0.2, 0.25) is 0 Å². The Kier molecular flexibility index (Phi) is 4.36. The van der Waals surface area contributed by atoms with E-state index in [1.165, 1.54) is 43.0 Å². The van der Waals surface area contributed by atoms with E-state index in [1.807, 2.05) is 11.8 Å². The minimum atomic E-state index is 0.759. The fraction of sp³-hybridized carbons (Fsp3) is 0.917. The van der Waals surface area contributed by atoms with Crippen LogP contribution >= 0.6 is 11.8 Å². The smallest absolute Gasteiger partial charge is 0.156 e. The topological polar surface area (TPSA) is 24.4 Å². The molecule has 2 nitrogen and oxygen atoms in total. The molecule has 0 aromatic heterocycles. The Balaban J connectivity index is 1.68. The normalized spacial score (nSPS) is 28.6. The maximum atomic E-state index is 4.56. The first-order chi connectivity index (χ1) is 7.34. The molecule has 0 aromatic rings. The van der Waals surface area contributed by atoms with E-state index >= 15 is 0 Å². The molecule has 1 heterocycles. The van der Waals surface area contributed by atoms with Crippen LogP contribution in [0.4, 0.5) is 0 Å². The van der Waals surface area contributed by atoms with Crippen LogP contribution in [0.3, 0.4) is 0 Å². The highest BCUT2D eigenvalue weighted by atomic mass is 32.2. The number of aliphatic imine (C=N–C) groups is 1. The second-order valence-electron chi connectivity index (χ2n) is 4.95. The monoisotopic (exact) mass is 226 g/mol. The van der Waals surface area contributed by atoms with E-state index in [4.69, 9.17) is 0 Å². The zero-order valence-corrected chi connectivity index (χ0v) is 10.5. The van der Waals surface area contributed by atoms with Crippen LogP contribution < -0.4 is 5.32 Å². The predicted molar refractivity (Wildman–Crippen MR) is 68.5 cm³/mol. The molecule has 86 valence electrons.